The number of amides is 2. The monoisotopic (exact) mass is 329 g/mol. The molecular formula is C13H13BrClNO2. The third-order valence-electron chi connectivity index (χ3n) is 3.29. The Morgan fingerprint density at radius 3 is 2.78 bits per heavy atom. The number of hydrogen-bond acceptors (Lipinski definition) is 2. The van der Waals surface area contributed by atoms with Crippen molar-refractivity contribution >= 4 is 39.3 Å². The smallest absolute Gasteiger partial charge is 0.230 e. The first-order valence-electron chi connectivity index (χ1n) is 5.81. The quantitative estimate of drug-likeness (QED) is 0.846. The summed E-state index contributed by atoms with van der Waals surface area (Å²) in [6, 6.07) is 5.55. The SMILES string of the molecule is CCC1C(=O)NC(=O)CC1c1ccc(Br)cc1Cl. The first kappa shape index (κ1) is 13.6. The standard InChI is InChI=1S/C13H13BrClNO2/c1-2-8-10(6-12(17)16-13(8)18)9-4-3-7(14)5-11(9)15/h3-5,8,10H,2,6H2,1H3,(H,16,17,18). The van der Waals surface area contributed by atoms with Crippen molar-refractivity contribution in [3.63, 3.8) is 0 Å². The zero-order chi connectivity index (χ0) is 13.3. The lowest BCUT2D eigenvalue weighted by molar-refractivity contribution is -0.137. The highest BCUT2D eigenvalue weighted by molar-refractivity contribution is 9.10. The second kappa shape index (κ2) is 5.41. The number of piperidine rings is 1. The first-order chi connectivity index (χ1) is 8.52. The molecule has 1 aliphatic rings. The molecule has 1 heterocycles. The minimum absolute atomic E-state index is 0.128. The van der Waals surface area contributed by atoms with E-state index in [4.69, 9.17) is 11.6 Å². The van der Waals surface area contributed by atoms with E-state index < -0.39 is 0 Å². The number of halogens is 2. The lowest BCUT2D eigenvalue weighted by Crippen LogP contribution is -2.44. The van der Waals surface area contributed by atoms with Crippen LogP contribution in [0.2, 0.25) is 5.02 Å². The molecule has 1 N–H and O–H groups in total. The molecule has 2 atom stereocenters. The molecule has 18 heavy (non-hydrogen) atoms. The maximum absolute atomic E-state index is 11.8. The molecule has 96 valence electrons. The van der Waals surface area contributed by atoms with E-state index in [9.17, 15) is 9.59 Å². The molecule has 2 rings (SSSR count). The van der Waals surface area contributed by atoms with Crippen LogP contribution < -0.4 is 5.32 Å². The Kier molecular flexibility index (Phi) is 4.07. The summed E-state index contributed by atoms with van der Waals surface area (Å²) in [4.78, 5) is 23.3. The average molecular weight is 331 g/mol. The third kappa shape index (κ3) is 2.59. The largest absolute Gasteiger partial charge is 0.296 e. The molecule has 1 aliphatic heterocycles. The molecule has 5 heteroatoms. The molecule has 0 spiro atoms. The Labute approximate surface area is 119 Å². The van der Waals surface area contributed by atoms with E-state index in [2.05, 4.69) is 21.2 Å². The van der Waals surface area contributed by atoms with Gasteiger partial charge in [0.1, 0.15) is 0 Å². The molecule has 0 saturated carbocycles. The Bertz CT molecular complexity index is 504. The van der Waals surface area contributed by atoms with Gasteiger partial charge in [0.05, 0.1) is 0 Å². The van der Waals surface area contributed by atoms with Crippen LogP contribution in [0.15, 0.2) is 22.7 Å². The van der Waals surface area contributed by atoms with Crippen LogP contribution in [-0.4, -0.2) is 11.8 Å². The summed E-state index contributed by atoms with van der Waals surface area (Å²) in [5, 5.41) is 2.97. The van der Waals surface area contributed by atoms with E-state index in [-0.39, 0.29) is 23.7 Å². The summed E-state index contributed by atoms with van der Waals surface area (Å²) in [6.45, 7) is 1.94. The summed E-state index contributed by atoms with van der Waals surface area (Å²) < 4.78 is 0.885. The van der Waals surface area contributed by atoms with Gasteiger partial charge < -0.3 is 0 Å². The molecule has 1 fully saturated rings. The van der Waals surface area contributed by atoms with Gasteiger partial charge in [-0.1, -0.05) is 40.5 Å². The predicted octanol–water partition coefficient (Wildman–Crippen LogP) is 3.26. The molecule has 1 aromatic carbocycles. The Balaban J connectivity index is 2.39. The molecule has 2 amide bonds. The summed E-state index contributed by atoms with van der Waals surface area (Å²) in [5.74, 6) is -0.746. The predicted molar refractivity (Wildman–Crippen MR) is 73.4 cm³/mol. The van der Waals surface area contributed by atoms with Crippen LogP contribution >= 0.6 is 27.5 Å². The van der Waals surface area contributed by atoms with Gasteiger partial charge in [0.2, 0.25) is 11.8 Å². The van der Waals surface area contributed by atoms with Gasteiger partial charge in [0.25, 0.3) is 0 Å². The molecule has 0 aliphatic carbocycles. The van der Waals surface area contributed by atoms with E-state index in [0.29, 0.717) is 17.9 Å². The molecule has 0 radical (unpaired) electrons. The topological polar surface area (TPSA) is 46.2 Å². The van der Waals surface area contributed by atoms with Crippen LogP contribution in [-0.2, 0) is 9.59 Å². The number of rotatable bonds is 2. The van der Waals surface area contributed by atoms with Crippen molar-refractivity contribution in [2.24, 2.45) is 5.92 Å². The number of carbonyl (C=O) groups is 2. The van der Waals surface area contributed by atoms with E-state index in [0.717, 1.165) is 10.0 Å². The Morgan fingerprint density at radius 1 is 1.44 bits per heavy atom. The second-order valence-electron chi connectivity index (χ2n) is 4.40. The first-order valence-corrected chi connectivity index (χ1v) is 6.98. The van der Waals surface area contributed by atoms with E-state index >= 15 is 0 Å². The van der Waals surface area contributed by atoms with E-state index in [1.165, 1.54) is 0 Å². The lowest BCUT2D eigenvalue weighted by atomic mass is 9.79. The number of nitrogens with one attached hydrogen (secondary N) is 1. The number of carbonyl (C=O) groups excluding carboxylic acids is 2. The van der Waals surface area contributed by atoms with Gasteiger partial charge in [-0.3, -0.25) is 14.9 Å². The molecule has 3 nitrogen and oxygen atoms in total. The van der Waals surface area contributed by atoms with E-state index in [1.54, 1.807) is 6.07 Å². The highest BCUT2D eigenvalue weighted by Gasteiger charge is 2.36. The molecule has 1 aromatic rings. The van der Waals surface area contributed by atoms with Crippen LogP contribution in [0.4, 0.5) is 0 Å². The maximum atomic E-state index is 11.8. The van der Waals surface area contributed by atoms with E-state index in [1.807, 2.05) is 19.1 Å². The highest BCUT2D eigenvalue weighted by Crippen LogP contribution is 2.37. The normalized spacial score (nSPS) is 23.9. The number of imide groups is 1. The van der Waals surface area contributed by atoms with Gasteiger partial charge in [0.15, 0.2) is 0 Å². The fraction of sp³-hybridized carbons (Fsp3) is 0.385. The van der Waals surface area contributed by atoms with Crippen LogP contribution in [0.1, 0.15) is 31.2 Å². The average Bonchev–Trinajstić information content (AvgIpc) is 2.28. The third-order valence-corrected chi connectivity index (χ3v) is 4.11. The van der Waals surface area contributed by atoms with Gasteiger partial charge in [-0.25, -0.2) is 0 Å². The van der Waals surface area contributed by atoms with Gasteiger partial charge in [0, 0.05) is 27.8 Å². The lowest BCUT2D eigenvalue weighted by Gasteiger charge is -2.30. The van der Waals surface area contributed by atoms with Gasteiger partial charge in [-0.05, 0) is 24.1 Å². The van der Waals surface area contributed by atoms with Gasteiger partial charge >= 0.3 is 0 Å². The van der Waals surface area contributed by atoms with Crippen molar-refractivity contribution in [2.75, 3.05) is 0 Å². The molecular weight excluding hydrogens is 318 g/mol. The number of benzene rings is 1. The van der Waals surface area contributed by atoms with Crippen molar-refractivity contribution in [1.82, 2.24) is 5.32 Å². The van der Waals surface area contributed by atoms with Gasteiger partial charge in [-0.15, -0.1) is 0 Å². The number of hydrogen-bond donors (Lipinski definition) is 1. The Hall–Kier alpha value is -0.870. The summed E-state index contributed by atoms with van der Waals surface area (Å²) in [5.41, 5.74) is 0.870. The van der Waals surface area contributed by atoms with Crippen molar-refractivity contribution < 1.29 is 9.59 Å². The van der Waals surface area contributed by atoms with Crippen molar-refractivity contribution in [3.8, 4) is 0 Å². The van der Waals surface area contributed by atoms with Crippen molar-refractivity contribution in [1.29, 1.82) is 0 Å². The van der Waals surface area contributed by atoms with Crippen molar-refractivity contribution in [3.05, 3.63) is 33.3 Å². The fourth-order valence-corrected chi connectivity index (χ4v) is 3.22. The van der Waals surface area contributed by atoms with Gasteiger partial charge in [-0.2, -0.15) is 0 Å². The van der Waals surface area contributed by atoms with Crippen LogP contribution in [0.5, 0.6) is 0 Å². The van der Waals surface area contributed by atoms with Crippen molar-refractivity contribution in [2.45, 2.75) is 25.7 Å². The minimum atomic E-state index is -0.228. The fourth-order valence-electron chi connectivity index (χ4n) is 2.40. The zero-order valence-electron chi connectivity index (χ0n) is 9.87. The second-order valence-corrected chi connectivity index (χ2v) is 5.73. The zero-order valence-corrected chi connectivity index (χ0v) is 12.2. The molecule has 0 aromatic heterocycles. The maximum Gasteiger partial charge on any atom is 0.230 e. The Morgan fingerprint density at radius 2 is 2.17 bits per heavy atom. The van der Waals surface area contributed by atoms with Crippen LogP contribution in [0.25, 0.3) is 0 Å². The summed E-state index contributed by atoms with van der Waals surface area (Å²) >= 11 is 9.55. The summed E-state index contributed by atoms with van der Waals surface area (Å²) in [6.07, 6.45) is 1.00. The molecule has 1 saturated heterocycles. The molecule has 2 unspecified atom stereocenters. The van der Waals surface area contributed by atoms with Crippen LogP contribution in [0.3, 0.4) is 0 Å². The van der Waals surface area contributed by atoms with Crippen LogP contribution in [0, 0.1) is 5.92 Å². The minimum Gasteiger partial charge on any atom is -0.296 e. The molecule has 0 bridgehead atoms. The summed E-state index contributed by atoms with van der Waals surface area (Å²) in [7, 11) is 0. The highest BCUT2D eigenvalue weighted by atomic mass is 79.9.